The fourth-order valence-corrected chi connectivity index (χ4v) is 24.0. The Labute approximate surface area is 181 Å². The molecule has 2 heterocycles. The van der Waals surface area contributed by atoms with Crippen LogP contribution in [0.3, 0.4) is 0 Å². The summed E-state index contributed by atoms with van der Waals surface area (Å²) in [4.78, 5) is 10.3. The van der Waals surface area contributed by atoms with Crippen molar-refractivity contribution in [3.8, 4) is 0 Å². The fraction of sp³-hybridized carbons (Fsp3) is 0.800. The summed E-state index contributed by atoms with van der Waals surface area (Å²) in [5, 5.41) is 0.968. The molecule has 0 aromatic rings. The number of nitrogens with zero attached hydrogens (tertiary/aromatic N) is 5. The molecule has 28 heavy (non-hydrogen) atoms. The molecule has 2 unspecified atom stereocenters. The van der Waals surface area contributed by atoms with Crippen molar-refractivity contribution in [1.82, 2.24) is 22.8 Å². The van der Waals surface area contributed by atoms with Gasteiger partial charge in [-0.2, -0.15) is 0 Å². The monoisotopic (exact) mass is 465 g/mol. The Kier molecular flexibility index (Phi) is 7.81. The molecule has 0 bridgehead atoms. The van der Waals surface area contributed by atoms with Gasteiger partial charge in [0.2, 0.25) is 0 Å². The zero-order chi connectivity index (χ0) is 21.3. The molecule has 0 aromatic heterocycles. The maximum atomic E-state index is 3.14. The van der Waals surface area contributed by atoms with Gasteiger partial charge in [0.25, 0.3) is 0 Å². The second-order valence-corrected chi connectivity index (χ2v) is 23.7. The first kappa shape index (κ1) is 23.9. The van der Waals surface area contributed by atoms with Gasteiger partial charge in [0.1, 0.15) is 0 Å². The molecule has 0 N–H and O–H groups in total. The van der Waals surface area contributed by atoms with E-state index in [2.05, 4.69) is 115 Å². The van der Waals surface area contributed by atoms with E-state index >= 15 is 0 Å². The van der Waals surface area contributed by atoms with E-state index in [9.17, 15) is 0 Å². The van der Waals surface area contributed by atoms with Gasteiger partial charge in [-0.25, -0.2) is 0 Å². The Morgan fingerprint density at radius 1 is 0.714 bits per heavy atom. The van der Waals surface area contributed by atoms with Gasteiger partial charge in [0.15, 0.2) is 0 Å². The predicted molar refractivity (Wildman–Crippen MR) is 124 cm³/mol. The molecule has 0 fully saturated rings. The molecule has 0 aromatic carbocycles. The summed E-state index contributed by atoms with van der Waals surface area (Å²) < 4.78 is 3.14. The molecule has 2 aliphatic rings. The second-order valence-electron chi connectivity index (χ2n) is 9.97. The van der Waals surface area contributed by atoms with Gasteiger partial charge >= 0.3 is 182 Å². The summed E-state index contributed by atoms with van der Waals surface area (Å²) in [5.41, 5.74) is 0. The van der Waals surface area contributed by atoms with Crippen molar-refractivity contribution < 1.29 is 14.1 Å². The Morgan fingerprint density at radius 2 is 1.07 bits per heavy atom. The summed E-state index contributed by atoms with van der Waals surface area (Å²) >= 11 is -0.987. The van der Waals surface area contributed by atoms with Crippen molar-refractivity contribution in [2.24, 2.45) is 0 Å². The molecule has 0 spiro atoms. The first-order valence-electron chi connectivity index (χ1n) is 10.7. The van der Waals surface area contributed by atoms with Crippen LogP contribution in [0.4, 0.5) is 0 Å². The molecule has 164 valence electrons. The standard InChI is InChI=1S/2C7H13N2.C6H18NSi2.Mn/c2*1-3-4-9-6-5-8(2)7-9;1-8(2,3)7-9(4,5)6;/h2*5-7H,3-4H2,1-2H3;1-6H3;/q;;-1;+1. The molecule has 0 radical (unpaired) electrons. The quantitative estimate of drug-likeness (QED) is 0.470. The minimum absolute atomic E-state index is 0.484. The van der Waals surface area contributed by atoms with E-state index in [1.807, 2.05) is 0 Å². The van der Waals surface area contributed by atoms with Gasteiger partial charge in [-0.1, -0.05) is 0 Å². The van der Waals surface area contributed by atoms with Gasteiger partial charge in [0, 0.05) is 0 Å². The van der Waals surface area contributed by atoms with Crippen LogP contribution >= 0.6 is 0 Å². The Morgan fingerprint density at radius 3 is 1.36 bits per heavy atom. The van der Waals surface area contributed by atoms with Crippen LogP contribution in [0.25, 0.3) is 0 Å². The summed E-state index contributed by atoms with van der Waals surface area (Å²) in [6.07, 6.45) is 11.7. The predicted octanol–water partition coefficient (Wildman–Crippen LogP) is 4.32. The van der Waals surface area contributed by atoms with Crippen LogP contribution in [0.15, 0.2) is 24.8 Å². The van der Waals surface area contributed by atoms with E-state index in [0.29, 0.717) is 10.1 Å². The van der Waals surface area contributed by atoms with E-state index in [1.54, 1.807) is 0 Å². The Balaban J connectivity index is 2.58. The van der Waals surface area contributed by atoms with Crippen LogP contribution in [-0.2, 0) is 14.1 Å². The molecule has 2 rings (SSSR count). The zero-order valence-corrected chi connectivity index (χ0v) is 23.1. The first-order valence-corrected chi connectivity index (χ1v) is 19.5. The van der Waals surface area contributed by atoms with Crippen molar-refractivity contribution in [3.63, 3.8) is 0 Å². The summed E-state index contributed by atoms with van der Waals surface area (Å²) in [6.45, 7) is 22.3. The minimum atomic E-state index is -1.51. The normalized spacial score (nSPS) is 23.6. The molecule has 2 atom stereocenters. The van der Waals surface area contributed by atoms with Crippen LogP contribution in [-0.4, -0.2) is 76.6 Å². The third-order valence-corrected chi connectivity index (χ3v) is 21.3. The first-order chi connectivity index (χ1) is 12.9. The zero-order valence-electron chi connectivity index (χ0n) is 19.9. The van der Waals surface area contributed by atoms with Crippen molar-refractivity contribution in [3.05, 3.63) is 24.8 Å². The molecule has 0 saturated carbocycles. The average molecular weight is 466 g/mol. The number of hydrogen-bond donors (Lipinski definition) is 0. The summed E-state index contributed by atoms with van der Waals surface area (Å²) in [5.74, 6) is 0. The number of rotatable bonds is 9. The van der Waals surface area contributed by atoms with Gasteiger partial charge in [0.05, 0.1) is 0 Å². The van der Waals surface area contributed by atoms with E-state index in [4.69, 9.17) is 0 Å². The van der Waals surface area contributed by atoms with Crippen molar-refractivity contribution in [2.45, 2.75) is 76.1 Å². The van der Waals surface area contributed by atoms with Gasteiger partial charge in [-0.3, -0.25) is 0 Å². The van der Waals surface area contributed by atoms with Crippen LogP contribution in [0.1, 0.15) is 26.7 Å². The molecular weight excluding hydrogens is 421 g/mol. The van der Waals surface area contributed by atoms with Gasteiger partial charge < -0.3 is 0 Å². The van der Waals surface area contributed by atoms with Gasteiger partial charge in [-0.15, -0.1) is 0 Å². The SMILES string of the molecule is CCCN1C=CN(C)[CH]1[Mn]([CH]1N(C)C=CN1CCC)[N]([Si](C)(C)C)[Si](C)(C)C. The van der Waals surface area contributed by atoms with E-state index in [-0.39, 0.29) is 0 Å². The third-order valence-electron chi connectivity index (χ3n) is 4.94. The molecule has 0 amide bonds. The molecule has 0 saturated heterocycles. The topological polar surface area (TPSA) is 16.2 Å². The maximum absolute atomic E-state index is 3.14. The Bertz CT molecular complexity index is 524. The van der Waals surface area contributed by atoms with Crippen molar-refractivity contribution in [2.75, 3.05) is 27.2 Å². The second kappa shape index (κ2) is 9.17. The van der Waals surface area contributed by atoms with Crippen molar-refractivity contribution >= 4 is 16.5 Å². The van der Waals surface area contributed by atoms with E-state index in [1.165, 1.54) is 12.8 Å². The molecule has 8 heteroatoms. The molecule has 5 nitrogen and oxygen atoms in total. The van der Waals surface area contributed by atoms with Crippen LogP contribution in [0.2, 0.25) is 39.3 Å². The van der Waals surface area contributed by atoms with E-state index in [0.717, 1.165) is 13.1 Å². The molecular formula is C20H44MnN5Si2. The Hall–Kier alpha value is -0.407. The molecule has 0 aliphatic carbocycles. The fourth-order valence-electron chi connectivity index (χ4n) is 4.45. The third kappa shape index (κ3) is 5.01. The van der Waals surface area contributed by atoms with Crippen LogP contribution in [0.5, 0.6) is 0 Å². The molecule has 2 aliphatic heterocycles. The summed E-state index contributed by atoms with van der Waals surface area (Å²) in [7, 11) is 1.58. The van der Waals surface area contributed by atoms with Crippen molar-refractivity contribution in [1.29, 1.82) is 0 Å². The van der Waals surface area contributed by atoms with Crippen LogP contribution < -0.4 is 0 Å². The average Bonchev–Trinajstić information content (AvgIpc) is 3.07. The van der Waals surface area contributed by atoms with Crippen LogP contribution in [0, 0.1) is 0 Å². The van der Waals surface area contributed by atoms with Gasteiger partial charge in [-0.05, 0) is 0 Å². The number of hydrogen-bond acceptors (Lipinski definition) is 5. The van der Waals surface area contributed by atoms with E-state index < -0.39 is 30.6 Å². The summed E-state index contributed by atoms with van der Waals surface area (Å²) in [6, 6.07) is 0.